The maximum absolute atomic E-state index is 13.4. The second-order valence-electron chi connectivity index (χ2n) is 7.39. The molecule has 4 nitrogen and oxygen atoms in total. The van der Waals surface area contributed by atoms with Gasteiger partial charge in [0.1, 0.15) is 11.6 Å². The number of carbonyl (C=O) groups excluding carboxylic acids is 1. The standard InChI is InChI=1S/C24H26F2O4/c1-15(2)22(12-11-20(27)13-21(28)14-23(29)30)24(16-3-7-18(25)8-4-16)17-5-9-19(26)10-6-17/h3-12,15,20-21,27-28H,13-14H2,1-2H3,(H,29,30)/p-1/b12-11+/t20-,21-/m1/s1. The highest BCUT2D eigenvalue weighted by Crippen LogP contribution is 2.32. The third-order valence-corrected chi connectivity index (χ3v) is 4.59. The lowest BCUT2D eigenvalue weighted by molar-refractivity contribution is -0.307. The van der Waals surface area contributed by atoms with Crippen molar-refractivity contribution >= 4 is 11.5 Å². The highest BCUT2D eigenvalue weighted by atomic mass is 19.1. The van der Waals surface area contributed by atoms with Gasteiger partial charge in [0.15, 0.2) is 0 Å². The molecule has 0 heterocycles. The van der Waals surface area contributed by atoms with Gasteiger partial charge in [-0.2, -0.15) is 0 Å². The molecule has 0 spiro atoms. The Labute approximate surface area is 174 Å². The Balaban J connectivity index is 2.47. The zero-order valence-electron chi connectivity index (χ0n) is 16.9. The Morgan fingerprint density at radius 1 is 0.967 bits per heavy atom. The third-order valence-electron chi connectivity index (χ3n) is 4.59. The van der Waals surface area contributed by atoms with Crippen LogP contribution < -0.4 is 5.11 Å². The second-order valence-corrected chi connectivity index (χ2v) is 7.39. The van der Waals surface area contributed by atoms with E-state index in [1.165, 1.54) is 30.3 Å². The van der Waals surface area contributed by atoms with Crippen molar-refractivity contribution in [3.63, 3.8) is 0 Å². The van der Waals surface area contributed by atoms with E-state index in [-0.39, 0.29) is 24.0 Å². The van der Waals surface area contributed by atoms with Gasteiger partial charge in [-0.05, 0) is 52.5 Å². The van der Waals surface area contributed by atoms with Gasteiger partial charge < -0.3 is 20.1 Å². The van der Waals surface area contributed by atoms with Crippen LogP contribution in [0.5, 0.6) is 0 Å². The first-order valence-corrected chi connectivity index (χ1v) is 9.67. The van der Waals surface area contributed by atoms with E-state index in [0.29, 0.717) is 0 Å². The van der Waals surface area contributed by atoms with E-state index < -0.39 is 24.6 Å². The molecule has 2 rings (SSSR count). The topological polar surface area (TPSA) is 80.6 Å². The van der Waals surface area contributed by atoms with Crippen LogP contribution in [0.25, 0.3) is 5.57 Å². The molecule has 0 saturated heterocycles. The monoisotopic (exact) mass is 415 g/mol. The van der Waals surface area contributed by atoms with Gasteiger partial charge >= 0.3 is 0 Å². The summed E-state index contributed by atoms with van der Waals surface area (Å²) in [7, 11) is 0. The van der Waals surface area contributed by atoms with E-state index in [1.54, 1.807) is 30.3 Å². The molecule has 0 aliphatic rings. The van der Waals surface area contributed by atoms with Crippen molar-refractivity contribution < 1.29 is 28.9 Å². The van der Waals surface area contributed by atoms with Gasteiger partial charge in [-0.15, -0.1) is 0 Å². The number of aliphatic carboxylic acids is 1. The Bertz CT molecular complexity index is 852. The van der Waals surface area contributed by atoms with Crippen molar-refractivity contribution in [2.24, 2.45) is 5.92 Å². The number of hydrogen-bond acceptors (Lipinski definition) is 4. The fraction of sp³-hybridized carbons (Fsp3) is 0.292. The van der Waals surface area contributed by atoms with Crippen LogP contribution in [0.2, 0.25) is 0 Å². The molecule has 30 heavy (non-hydrogen) atoms. The first-order chi connectivity index (χ1) is 14.2. The predicted octanol–water partition coefficient (Wildman–Crippen LogP) is 3.23. The lowest BCUT2D eigenvalue weighted by Gasteiger charge is -2.18. The molecule has 0 saturated carbocycles. The average molecular weight is 415 g/mol. The number of benzene rings is 2. The second kappa shape index (κ2) is 10.8. The zero-order valence-corrected chi connectivity index (χ0v) is 16.9. The van der Waals surface area contributed by atoms with E-state index in [2.05, 4.69) is 0 Å². The Morgan fingerprint density at radius 3 is 1.83 bits per heavy atom. The van der Waals surface area contributed by atoms with Crippen LogP contribution in [0.15, 0.2) is 66.3 Å². The smallest absolute Gasteiger partial charge is 0.123 e. The van der Waals surface area contributed by atoms with Gasteiger partial charge in [0.05, 0.1) is 12.2 Å². The normalized spacial score (nSPS) is 13.4. The summed E-state index contributed by atoms with van der Waals surface area (Å²) in [6.07, 6.45) is 0.154. The number of carboxylic acids is 1. The Morgan fingerprint density at radius 2 is 1.43 bits per heavy atom. The molecule has 0 amide bonds. The van der Waals surface area contributed by atoms with Gasteiger partial charge in [0, 0.05) is 18.8 Å². The molecule has 0 fully saturated rings. The lowest BCUT2D eigenvalue weighted by Crippen LogP contribution is -2.29. The number of rotatable bonds is 9. The molecule has 0 radical (unpaired) electrons. The molecular weight excluding hydrogens is 390 g/mol. The molecule has 2 aromatic carbocycles. The van der Waals surface area contributed by atoms with Crippen LogP contribution >= 0.6 is 0 Å². The number of hydrogen-bond donors (Lipinski definition) is 2. The minimum Gasteiger partial charge on any atom is -0.550 e. The highest BCUT2D eigenvalue weighted by molar-refractivity contribution is 5.83. The van der Waals surface area contributed by atoms with Crippen molar-refractivity contribution in [3.8, 4) is 0 Å². The molecule has 0 aromatic heterocycles. The molecule has 6 heteroatoms. The molecule has 160 valence electrons. The molecule has 0 aliphatic carbocycles. The first kappa shape index (κ1) is 23.4. The molecule has 0 unspecified atom stereocenters. The SMILES string of the molecule is CC(C)C(/C=C/[C@@H](O)C[C@@H](O)CC(=O)[O-])=C(c1ccc(F)cc1)c1ccc(F)cc1. The zero-order chi connectivity index (χ0) is 22.3. The quantitative estimate of drug-likeness (QED) is 0.617. The van der Waals surface area contributed by atoms with Crippen LogP contribution in [-0.4, -0.2) is 28.4 Å². The van der Waals surface area contributed by atoms with Gasteiger partial charge in [-0.1, -0.05) is 50.3 Å². The van der Waals surface area contributed by atoms with E-state index >= 15 is 0 Å². The number of carboxylic acid groups (broad SMARTS) is 1. The van der Waals surface area contributed by atoms with Crippen molar-refractivity contribution in [1.29, 1.82) is 0 Å². The van der Waals surface area contributed by atoms with Crippen molar-refractivity contribution in [3.05, 3.63) is 89.0 Å². The summed E-state index contributed by atoms with van der Waals surface area (Å²) < 4.78 is 26.9. The molecule has 2 N–H and O–H groups in total. The largest absolute Gasteiger partial charge is 0.550 e. The Kier molecular flexibility index (Phi) is 8.45. The number of halogens is 2. The summed E-state index contributed by atoms with van der Waals surface area (Å²) in [5.74, 6) is -2.16. The van der Waals surface area contributed by atoms with Crippen LogP contribution in [0, 0.1) is 17.6 Å². The summed E-state index contributed by atoms with van der Waals surface area (Å²) in [5.41, 5.74) is 3.01. The molecule has 0 bridgehead atoms. The number of carbonyl (C=O) groups is 1. The highest BCUT2D eigenvalue weighted by Gasteiger charge is 2.15. The predicted molar refractivity (Wildman–Crippen MR) is 109 cm³/mol. The fourth-order valence-corrected chi connectivity index (χ4v) is 3.15. The van der Waals surface area contributed by atoms with Gasteiger partial charge in [-0.3, -0.25) is 0 Å². The van der Waals surface area contributed by atoms with Gasteiger partial charge in [0.2, 0.25) is 0 Å². The minimum atomic E-state index is -1.39. The lowest BCUT2D eigenvalue weighted by atomic mass is 9.87. The van der Waals surface area contributed by atoms with E-state index in [1.807, 2.05) is 13.8 Å². The third kappa shape index (κ3) is 6.90. The number of allylic oxidation sites excluding steroid dienone is 2. The van der Waals surface area contributed by atoms with E-state index in [9.17, 15) is 28.9 Å². The van der Waals surface area contributed by atoms with Crippen LogP contribution in [0.4, 0.5) is 8.78 Å². The van der Waals surface area contributed by atoms with Crippen LogP contribution in [0.3, 0.4) is 0 Å². The average Bonchev–Trinajstić information content (AvgIpc) is 2.66. The van der Waals surface area contributed by atoms with Gasteiger partial charge in [0.25, 0.3) is 0 Å². The van der Waals surface area contributed by atoms with Gasteiger partial charge in [-0.25, -0.2) is 8.78 Å². The van der Waals surface area contributed by atoms with E-state index in [0.717, 1.165) is 22.3 Å². The molecular formula is C24H25F2O4-. The minimum absolute atomic E-state index is 0.00769. The molecule has 0 aliphatic heterocycles. The summed E-state index contributed by atoms with van der Waals surface area (Å²) in [6.45, 7) is 3.90. The summed E-state index contributed by atoms with van der Waals surface area (Å²) in [4.78, 5) is 10.6. The van der Waals surface area contributed by atoms with Crippen LogP contribution in [0.1, 0.15) is 37.8 Å². The van der Waals surface area contributed by atoms with Crippen molar-refractivity contribution in [1.82, 2.24) is 0 Å². The summed E-state index contributed by atoms with van der Waals surface area (Å²) in [6, 6.07) is 11.9. The fourth-order valence-electron chi connectivity index (χ4n) is 3.15. The molecule has 2 aromatic rings. The maximum atomic E-state index is 13.4. The first-order valence-electron chi connectivity index (χ1n) is 9.67. The summed E-state index contributed by atoms with van der Waals surface area (Å²) >= 11 is 0. The van der Waals surface area contributed by atoms with Crippen LogP contribution in [-0.2, 0) is 4.79 Å². The number of aliphatic hydroxyl groups is 2. The Hall–Kier alpha value is -2.83. The van der Waals surface area contributed by atoms with Crippen molar-refractivity contribution in [2.75, 3.05) is 0 Å². The van der Waals surface area contributed by atoms with Crippen molar-refractivity contribution in [2.45, 2.75) is 38.9 Å². The van der Waals surface area contributed by atoms with E-state index in [4.69, 9.17) is 0 Å². The summed E-state index contributed by atoms with van der Waals surface area (Å²) in [5, 5.41) is 30.4. The maximum Gasteiger partial charge on any atom is 0.123 e. The molecule has 2 atom stereocenters. The number of aliphatic hydroxyl groups excluding tert-OH is 2.